The number of nitrogens with zero attached hydrogens (tertiary/aromatic N) is 1. The van der Waals surface area contributed by atoms with Crippen LogP contribution >= 0.6 is 11.6 Å². The Bertz CT molecular complexity index is 734. The largest absolute Gasteiger partial charge is 0.460 e. The number of amides is 1. The first kappa shape index (κ1) is 16.5. The van der Waals surface area contributed by atoms with E-state index in [1.165, 1.54) is 0 Å². The Labute approximate surface area is 138 Å². The van der Waals surface area contributed by atoms with Crippen molar-refractivity contribution in [3.8, 4) is 6.07 Å². The number of hydrogen-bond acceptors (Lipinski definition) is 4. The Morgan fingerprint density at radius 2 is 1.74 bits per heavy atom. The molecule has 6 heteroatoms. The SMILES string of the molecule is N#Cc1ccc(COC(=O)CNC(=O)c2ccc(Cl)cc2)cc1. The second kappa shape index (κ2) is 7.97. The van der Waals surface area contributed by atoms with E-state index in [9.17, 15) is 9.59 Å². The van der Waals surface area contributed by atoms with E-state index in [4.69, 9.17) is 21.6 Å². The Kier molecular flexibility index (Phi) is 5.73. The molecule has 0 bridgehead atoms. The molecule has 2 rings (SSSR count). The molecule has 0 aliphatic carbocycles. The second-order valence-electron chi connectivity index (χ2n) is 4.66. The van der Waals surface area contributed by atoms with Crippen molar-refractivity contribution in [1.82, 2.24) is 5.32 Å². The third-order valence-electron chi connectivity index (χ3n) is 2.98. The number of halogens is 1. The summed E-state index contributed by atoms with van der Waals surface area (Å²) >= 11 is 5.74. The zero-order valence-corrected chi connectivity index (χ0v) is 12.8. The minimum atomic E-state index is -0.545. The van der Waals surface area contributed by atoms with Crippen LogP contribution in [0.1, 0.15) is 21.5 Å². The summed E-state index contributed by atoms with van der Waals surface area (Å²) in [7, 11) is 0. The van der Waals surface area contributed by atoms with E-state index in [1.54, 1.807) is 48.5 Å². The van der Waals surface area contributed by atoms with Crippen LogP contribution in [-0.4, -0.2) is 18.4 Å². The lowest BCUT2D eigenvalue weighted by atomic mass is 10.2. The van der Waals surface area contributed by atoms with Gasteiger partial charge < -0.3 is 10.1 Å². The van der Waals surface area contributed by atoms with Crippen LogP contribution in [0, 0.1) is 11.3 Å². The Balaban J connectivity index is 1.77. The molecule has 0 unspecified atom stereocenters. The first-order chi connectivity index (χ1) is 11.1. The second-order valence-corrected chi connectivity index (χ2v) is 5.10. The van der Waals surface area contributed by atoms with E-state index in [0.717, 1.165) is 5.56 Å². The van der Waals surface area contributed by atoms with Crippen molar-refractivity contribution in [2.45, 2.75) is 6.61 Å². The quantitative estimate of drug-likeness (QED) is 0.856. The maximum Gasteiger partial charge on any atom is 0.325 e. The zero-order valence-electron chi connectivity index (χ0n) is 12.1. The summed E-state index contributed by atoms with van der Waals surface area (Å²) in [5, 5.41) is 11.7. The summed E-state index contributed by atoms with van der Waals surface area (Å²) in [6.07, 6.45) is 0. The van der Waals surface area contributed by atoms with Gasteiger partial charge in [0.1, 0.15) is 13.2 Å². The van der Waals surface area contributed by atoms with Crippen molar-refractivity contribution < 1.29 is 14.3 Å². The van der Waals surface area contributed by atoms with Crippen molar-refractivity contribution in [1.29, 1.82) is 5.26 Å². The van der Waals surface area contributed by atoms with Gasteiger partial charge in [0.25, 0.3) is 5.91 Å². The molecule has 0 saturated heterocycles. The molecule has 0 atom stereocenters. The number of nitrogens with one attached hydrogen (secondary N) is 1. The molecule has 0 aliphatic rings. The normalized spacial score (nSPS) is 9.74. The average molecular weight is 329 g/mol. The molecule has 1 N–H and O–H groups in total. The molecule has 0 aromatic heterocycles. The first-order valence-corrected chi connectivity index (χ1v) is 7.14. The molecule has 1 amide bonds. The Morgan fingerprint density at radius 1 is 1.09 bits per heavy atom. The van der Waals surface area contributed by atoms with E-state index < -0.39 is 5.97 Å². The van der Waals surface area contributed by atoms with E-state index in [0.29, 0.717) is 16.1 Å². The molecule has 0 aliphatic heterocycles. The van der Waals surface area contributed by atoms with Crippen molar-refractivity contribution in [3.05, 3.63) is 70.2 Å². The summed E-state index contributed by atoms with van der Waals surface area (Å²) in [5.74, 6) is -0.923. The fourth-order valence-corrected chi connectivity index (χ4v) is 1.87. The molecule has 2 aromatic rings. The van der Waals surface area contributed by atoms with Gasteiger partial charge in [-0.05, 0) is 42.0 Å². The maximum atomic E-state index is 11.8. The average Bonchev–Trinajstić information content (AvgIpc) is 2.59. The van der Waals surface area contributed by atoms with Gasteiger partial charge in [0.15, 0.2) is 0 Å². The number of carbonyl (C=O) groups excluding carboxylic acids is 2. The third-order valence-corrected chi connectivity index (χ3v) is 3.23. The van der Waals surface area contributed by atoms with Gasteiger partial charge in [0, 0.05) is 10.6 Å². The number of ether oxygens (including phenoxy) is 1. The fraction of sp³-hybridized carbons (Fsp3) is 0.118. The highest BCUT2D eigenvalue weighted by molar-refractivity contribution is 6.30. The minimum Gasteiger partial charge on any atom is -0.460 e. The molecule has 116 valence electrons. The lowest BCUT2D eigenvalue weighted by molar-refractivity contribution is -0.143. The van der Waals surface area contributed by atoms with E-state index in [1.807, 2.05) is 6.07 Å². The first-order valence-electron chi connectivity index (χ1n) is 6.77. The Morgan fingerprint density at radius 3 is 2.35 bits per heavy atom. The van der Waals surface area contributed by atoms with Crippen LogP contribution in [-0.2, 0) is 16.1 Å². The summed E-state index contributed by atoms with van der Waals surface area (Å²) in [4.78, 5) is 23.4. The van der Waals surface area contributed by atoms with Gasteiger partial charge in [-0.3, -0.25) is 9.59 Å². The zero-order chi connectivity index (χ0) is 16.7. The predicted octanol–water partition coefficient (Wildman–Crippen LogP) is 2.68. The van der Waals surface area contributed by atoms with Crippen molar-refractivity contribution in [3.63, 3.8) is 0 Å². The number of carbonyl (C=O) groups is 2. The van der Waals surface area contributed by atoms with Crippen LogP contribution in [0.4, 0.5) is 0 Å². The van der Waals surface area contributed by atoms with Crippen molar-refractivity contribution >= 4 is 23.5 Å². The summed E-state index contributed by atoms with van der Waals surface area (Å²) in [6.45, 7) is -0.140. The van der Waals surface area contributed by atoms with Crippen LogP contribution in [0.15, 0.2) is 48.5 Å². The molecule has 2 aromatic carbocycles. The molecule has 0 heterocycles. The summed E-state index contributed by atoms with van der Waals surface area (Å²) in [6, 6.07) is 15.0. The highest BCUT2D eigenvalue weighted by Crippen LogP contribution is 2.09. The highest BCUT2D eigenvalue weighted by Gasteiger charge is 2.09. The topological polar surface area (TPSA) is 79.2 Å². The van der Waals surface area contributed by atoms with Crippen LogP contribution < -0.4 is 5.32 Å². The molecular weight excluding hydrogens is 316 g/mol. The smallest absolute Gasteiger partial charge is 0.325 e. The van der Waals surface area contributed by atoms with Crippen molar-refractivity contribution in [2.75, 3.05) is 6.54 Å². The lowest BCUT2D eigenvalue weighted by Crippen LogP contribution is -2.30. The molecule has 0 saturated carbocycles. The lowest BCUT2D eigenvalue weighted by Gasteiger charge is -2.07. The van der Waals surface area contributed by atoms with E-state index >= 15 is 0 Å². The van der Waals surface area contributed by atoms with Crippen LogP contribution in [0.3, 0.4) is 0 Å². The van der Waals surface area contributed by atoms with Gasteiger partial charge in [-0.1, -0.05) is 23.7 Å². The summed E-state index contributed by atoms with van der Waals surface area (Å²) < 4.78 is 5.05. The van der Waals surface area contributed by atoms with Crippen molar-refractivity contribution in [2.24, 2.45) is 0 Å². The van der Waals surface area contributed by atoms with E-state index in [-0.39, 0.29) is 19.1 Å². The predicted molar refractivity (Wildman–Crippen MR) is 84.7 cm³/mol. The van der Waals surface area contributed by atoms with Gasteiger partial charge in [-0.25, -0.2) is 0 Å². The monoisotopic (exact) mass is 328 g/mol. The molecule has 23 heavy (non-hydrogen) atoms. The number of hydrogen-bond donors (Lipinski definition) is 1. The number of nitriles is 1. The molecular formula is C17H13ClN2O3. The van der Waals surface area contributed by atoms with E-state index in [2.05, 4.69) is 5.32 Å². The van der Waals surface area contributed by atoms with Gasteiger partial charge in [0.05, 0.1) is 11.6 Å². The number of rotatable bonds is 5. The highest BCUT2D eigenvalue weighted by atomic mass is 35.5. The fourth-order valence-electron chi connectivity index (χ4n) is 1.75. The number of benzene rings is 2. The van der Waals surface area contributed by atoms with Crippen LogP contribution in [0.5, 0.6) is 0 Å². The van der Waals surface area contributed by atoms with Gasteiger partial charge in [-0.15, -0.1) is 0 Å². The minimum absolute atomic E-state index is 0.0847. The number of esters is 1. The third kappa shape index (κ3) is 5.13. The summed E-state index contributed by atoms with van der Waals surface area (Å²) in [5.41, 5.74) is 1.71. The molecule has 0 fully saturated rings. The van der Waals surface area contributed by atoms with Gasteiger partial charge >= 0.3 is 5.97 Å². The molecule has 5 nitrogen and oxygen atoms in total. The maximum absolute atomic E-state index is 11.8. The van der Waals surface area contributed by atoms with Gasteiger partial charge in [0.2, 0.25) is 0 Å². The standard InChI is InChI=1S/C17H13ClN2O3/c18-15-7-5-14(6-8-15)17(22)20-10-16(21)23-11-13-3-1-12(9-19)2-4-13/h1-8H,10-11H2,(H,20,22). The van der Waals surface area contributed by atoms with Gasteiger partial charge in [-0.2, -0.15) is 5.26 Å². The van der Waals surface area contributed by atoms with Crippen LogP contribution in [0.25, 0.3) is 0 Å². The van der Waals surface area contributed by atoms with Crippen LogP contribution in [0.2, 0.25) is 5.02 Å². The molecule has 0 spiro atoms. The Hall–Kier alpha value is -2.84. The molecule has 0 radical (unpaired) electrons.